The van der Waals surface area contributed by atoms with Crippen LogP contribution in [0.1, 0.15) is 5.56 Å². The predicted molar refractivity (Wildman–Crippen MR) is 90.6 cm³/mol. The fourth-order valence-electron chi connectivity index (χ4n) is 1.71. The molecule has 2 aromatic rings. The van der Waals surface area contributed by atoms with Crippen LogP contribution in [0.25, 0.3) is 0 Å². The minimum atomic E-state index is -0.380. The Morgan fingerprint density at radius 1 is 1.17 bits per heavy atom. The van der Waals surface area contributed by atoms with Crippen LogP contribution in [0.4, 0.5) is 10.1 Å². The highest BCUT2D eigenvalue weighted by molar-refractivity contribution is 7.80. The lowest BCUT2D eigenvalue weighted by Crippen LogP contribution is -2.45. The van der Waals surface area contributed by atoms with Gasteiger partial charge in [0.05, 0.1) is 0 Å². The van der Waals surface area contributed by atoms with E-state index in [2.05, 4.69) is 16.2 Å². The molecule has 2 rings (SSSR count). The lowest BCUT2D eigenvalue weighted by atomic mass is 10.2. The number of nitrogens with one attached hydrogen (secondary N) is 3. The summed E-state index contributed by atoms with van der Waals surface area (Å²) >= 11 is 5.01. The number of benzene rings is 2. The summed E-state index contributed by atoms with van der Waals surface area (Å²) in [4.78, 5) is 11.7. The number of amides is 1. The number of hydrogen-bond acceptors (Lipinski definition) is 3. The first-order valence-electron chi connectivity index (χ1n) is 6.84. The molecule has 5 nitrogen and oxygen atoms in total. The Morgan fingerprint density at radius 2 is 1.91 bits per heavy atom. The number of rotatable bonds is 4. The number of aryl methyl sites for hydroxylation is 1. The van der Waals surface area contributed by atoms with Gasteiger partial charge < -0.3 is 10.1 Å². The molecule has 0 unspecified atom stereocenters. The molecule has 0 bridgehead atoms. The summed E-state index contributed by atoms with van der Waals surface area (Å²) in [7, 11) is 0. The zero-order chi connectivity index (χ0) is 16.7. The number of hydrogen-bond donors (Lipinski definition) is 3. The summed E-state index contributed by atoms with van der Waals surface area (Å²) in [5.41, 5.74) is 6.60. The minimum absolute atomic E-state index is 0.143. The molecule has 0 aliphatic rings. The molecule has 3 N–H and O–H groups in total. The van der Waals surface area contributed by atoms with Crippen molar-refractivity contribution in [1.82, 2.24) is 10.9 Å². The van der Waals surface area contributed by atoms with E-state index in [-0.39, 0.29) is 23.4 Å². The van der Waals surface area contributed by atoms with E-state index in [1.54, 1.807) is 6.07 Å². The van der Waals surface area contributed by atoms with Gasteiger partial charge in [0.25, 0.3) is 5.91 Å². The molecule has 2 aromatic carbocycles. The normalized spacial score (nSPS) is 9.83. The monoisotopic (exact) mass is 333 g/mol. The average molecular weight is 333 g/mol. The van der Waals surface area contributed by atoms with E-state index in [0.717, 1.165) is 5.56 Å². The molecule has 0 aliphatic carbocycles. The highest BCUT2D eigenvalue weighted by Crippen LogP contribution is 2.11. The minimum Gasteiger partial charge on any atom is -0.484 e. The maximum atomic E-state index is 12.8. The van der Waals surface area contributed by atoms with Crippen molar-refractivity contribution >= 4 is 28.9 Å². The molecular weight excluding hydrogens is 317 g/mol. The van der Waals surface area contributed by atoms with Crippen molar-refractivity contribution in [2.75, 3.05) is 11.9 Å². The highest BCUT2D eigenvalue weighted by Gasteiger charge is 2.04. The largest absolute Gasteiger partial charge is 0.484 e. The van der Waals surface area contributed by atoms with Crippen LogP contribution in [0.3, 0.4) is 0 Å². The number of anilines is 1. The van der Waals surface area contributed by atoms with Crippen LogP contribution in [0.5, 0.6) is 5.75 Å². The fourth-order valence-corrected chi connectivity index (χ4v) is 1.88. The van der Waals surface area contributed by atoms with Crippen LogP contribution >= 0.6 is 12.2 Å². The topological polar surface area (TPSA) is 62.4 Å². The Morgan fingerprint density at radius 3 is 2.61 bits per heavy atom. The van der Waals surface area contributed by atoms with Gasteiger partial charge in [0.2, 0.25) is 0 Å². The zero-order valence-electron chi connectivity index (χ0n) is 12.4. The lowest BCUT2D eigenvalue weighted by molar-refractivity contribution is -0.123. The Balaban J connectivity index is 1.71. The first kappa shape index (κ1) is 16.7. The second-order valence-corrected chi connectivity index (χ2v) is 5.15. The standard InChI is InChI=1S/C16H16FN3O2S/c1-11-3-2-4-14(9-11)22-10-15(21)19-20-16(23)18-13-7-5-12(17)6-8-13/h2-9H,10H2,1H3,(H,19,21)(H2,18,20,23). The number of thiocarbonyl (C=S) groups is 1. The van der Waals surface area contributed by atoms with Crippen LogP contribution in [0, 0.1) is 12.7 Å². The first-order chi connectivity index (χ1) is 11.0. The molecule has 0 saturated heterocycles. The van der Waals surface area contributed by atoms with Crippen molar-refractivity contribution in [3.63, 3.8) is 0 Å². The third-order valence-electron chi connectivity index (χ3n) is 2.78. The first-order valence-corrected chi connectivity index (χ1v) is 7.24. The van der Waals surface area contributed by atoms with Gasteiger partial charge in [0.15, 0.2) is 11.7 Å². The van der Waals surface area contributed by atoms with Gasteiger partial charge in [-0.25, -0.2) is 4.39 Å². The molecular formula is C16H16FN3O2S. The maximum Gasteiger partial charge on any atom is 0.276 e. The van der Waals surface area contributed by atoms with Crippen LogP contribution < -0.4 is 20.9 Å². The van der Waals surface area contributed by atoms with Gasteiger partial charge in [-0.3, -0.25) is 15.6 Å². The third-order valence-corrected chi connectivity index (χ3v) is 2.98. The zero-order valence-corrected chi connectivity index (χ0v) is 13.2. The molecule has 0 aromatic heterocycles. The maximum absolute atomic E-state index is 12.8. The van der Waals surface area contributed by atoms with Gasteiger partial charge in [-0.05, 0) is 61.1 Å². The van der Waals surface area contributed by atoms with Crippen LogP contribution in [-0.2, 0) is 4.79 Å². The highest BCUT2D eigenvalue weighted by atomic mass is 32.1. The average Bonchev–Trinajstić information content (AvgIpc) is 2.53. The summed E-state index contributed by atoms with van der Waals surface area (Å²) < 4.78 is 18.1. The van der Waals surface area contributed by atoms with Crippen LogP contribution in [0.2, 0.25) is 0 Å². The Labute approximate surface area is 138 Å². The van der Waals surface area contributed by atoms with Gasteiger partial charge in [0, 0.05) is 5.69 Å². The number of carbonyl (C=O) groups is 1. The molecule has 0 aliphatic heterocycles. The Kier molecular flexibility index (Phi) is 5.87. The molecule has 0 radical (unpaired) electrons. The summed E-state index contributed by atoms with van der Waals surface area (Å²) in [6.07, 6.45) is 0. The van der Waals surface area contributed by atoms with Crippen molar-refractivity contribution in [3.8, 4) is 5.75 Å². The lowest BCUT2D eigenvalue weighted by Gasteiger charge is -2.12. The van der Waals surface area contributed by atoms with Crippen molar-refractivity contribution in [2.45, 2.75) is 6.92 Å². The number of carbonyl (C=O) groups excluding carboxylic acids is 1. The van der Waals surface area contributed by atoms with E-state index in [4.69, 9.17) is 17.0 Å². The predicted octanol–water partition coefficient (Wildman–Crippen LogP) is 2.53. The van der Waals surface area contributed by atoms with Crippen molar-refractivity contribution in [2.24, 2.45) is 0 Å². The number of hydrazine groups is 1. The number of ether oxygens (including phenoxy) is 1. The van der Waals surface area contributed by atoms with E-state index in [1.165, 1.54) is 24.3 Å². The van der Waals surface area contributed by atoms with E-state index in [9.17, 15) is 9.18 Å². The molecule has 0 saturated carbocycles. The molecule has 23 heavy (non-hydrogen) atoms. The molecule has 1 amide bonds. The third kappa shape index (κ3) is 5.91. The van der Waals surface area contributed by atoms with E-state index >= 15 is 0 Å². The Hall–Kier alpha value is -2.67. The fraction of sp³-hybridized carbons (Fsp3) is 0.125. The van der Waals surface area contributed by atoms with Crippen LogP contribution in [0.15, 0.2) is 48.5 Å². The van der Waals surface area contributed by atoms with Gasteiger partial charge in [-0.1, -0.05) is 12.1 Å². The van der Waals surface area contributed by atoms with Gasteiger partial charge in [-0.2, -0.15) is 0 Å². The van der Waals surface area contributed by atoms with Gasteiger partial charge >= 0.3 is 0 Å². The van der Waals surface area contributed by atoms with E-state index in [1.807, 2.05) is 25.1 Å². The van der Waals surface area contributed by atoms with E-state index in [0.29, 0.717) is 11.4 Å². The van der Waals surface area contributed by atoms with Crippen molar-refractivity contribution in [3.05, 3.63) is 59.9 Å². The SMILES string of the molecule is Cc1cccc(OCC(=O)NNC(=S)Nc2ccc(F)cc2)c1. The Bertz CT molecular complexity index is 692. The van der Waals surface area contributed by atoms with Crippen LogP contribution in [-0.4, -0.2) is 17.6 Å². The smallest absolute Gasteiger partial charge is 0.276 e. The van der Waals surface area contributed by atoms with Gasteiger partial charge in [-0.15, -0.1) is 0 Å². The van der Waals surface area contributed by atoms with E-state index < -0.39 is 0 Å². The molecule has 120 valence electrons. The number of halogens is 1. The molecule has 0 atom stereocenters. The van der Waals surface area contributed by atoms with Gasteiger partial charge in [0.1, 0.15) is 11.6 Å². The summed E-state index contributed by atoms with van der Waals surface area (Å²) in [5, 5.41) is 2.98. The molecule has 0 heterocycles. The molecule has 0 fully saturated rings. The summed E-state index contributed by atoms with van der Waals surface area (Å²) in [6.45, 7) is 1.80. The van der Waals surface area contributed by atoms with Crippen molar-refractivity contribution < 1.29 is 13.9 Å². The molecule has 7 heteroatoms. The molecule has 0 spiro atoms. The van der Waals surface area contributed by atoms with Crippen molar-refractivity contribution in [1.29, 1.82) is 0 Å². The quantitative estimate of drug-likeness (QED) is 0.593. The summed E-state index contributed by atoms with van der Waals surface area (Å²) in [5.74, 6) is -0.0991. The second-order valence-electron chi connectivity index (χ2n) is 4.74. The second kappa shape index (κ2) is 8.09. The summed E-state index contributed by atoms with van der Waals surface area (Å²) in [6, 6.07) is 13.1.